The number of benzene rings is 3. The summed E-state index contributed by atoms with van der Waals surface area (Å²) >= 11 is 6.48. The van der Waals surface area contributed by atoms with Gasteiger partial charge in [-0.1, -0.05) is 60.1 Å². The van der Waals surface area contributed by atoms with Crippen LogP contribution in [-0.2, 0) is 24.4 Å². The number of aromatic nitrogens is 1. The Morgan fingerprint density at radius 1 is 1.09 bits per heavy atom. The molecule has 0 fully saturated rings. The molecule has 0 amide bonds. The fraction of sp³-hybridized carbons (Fsp3) is 0.192. The largest absolute Gasteiger partial charge is 0.493 e. The standard InChI is InChI=1S/C26H25ClN2O4/c1-32-24-12-18(11-21(27)25(24)33-16-17-7-3-2-4-8-17)14-28-23(26(30)31)13-19-15-29-22-10-6-5-9-20(19)22/h2-12,15,23,28-29H,13-14,16H2,1H3,(H,30,31)/t23-/m1/s1. The zero-order valence-corrected chi connectivity index (χ0v) is 18.9. The Morgan fingerprint density at radius 3 is 2.61 bits per heavy atom. The number of rotatable bonds is 10. The molecule has 1 atom stereocenters. The molecule has 6 nitrogen and oxygen atoms in total. The summed E-state index contributed by atoms with van der Waals surface area (Å²) in [6, 6.07) is 20.4. The third-order valence-corrected chi connectivity index (χ3v) is 5.75. The molecule has 170 valence electrons. The molecule has 0 saturated carbocycles. The van der Waals surface area contributed by atoms with Crippen molar-refractivity contribution in [2.24, 2.45) is 0 Å². The van der Waals surface area contributed by atoms with Crippen LogP contribution in [0.4, 0.5) is 0 Å². The Hall–Kier alpha value is -3.48. The van der Waals surface area contributed by atoms with E-state index in [0.29, 0.717) is 36.1 Å². The second-order valence-electron chi connectivity index (χ2n) is 7.72. The third-order valence-electron chi connectivity index (χ3n) is 5.46. The lowest BCUT2D eigenvalue weighted by atomic mass is 10.0. The molecule has 0 bridgehead atoms. The highest BCUT2D eigenvalue weighted by Gasteiger charge is 2.20. The zero-order chi connectivity index (χ0) is 23.2. The van der Waals surface area contributed by atoms with Gasteiger partial charge >= 0.3 is 5.97 Å². The number of hydrogen-bond donors (Lipinski definition) is 3. The molecule has 0 aliphatic rings. The molecule has 4 aromatic rings. The highest BCUT2D eigenvalue weighted by atomic mass is 35.5. The Morgan fingerprint density at radius 2 is 1.85 bits per heavy atom. The first kappa shape index (κ1) is 22.7. The van der Waals surface area contributed by atoms with Gasteiger partial charge in [-0.3, -0.25) is 4.79 Å². The van der Waals surface area contributed by atoms with Crippen LogP contribution in [0.25, 0.3) is 10.9 Å². The van der Waals surface area contributed by atoms with Crippen LogP contribution in [0.3, 0.4) is 0 Å². The second-order valence-corrected chi connectivity index (χ2v) is 8.13. The fourth-order valence-corrected chi connectivity index (χ4v) is 4.04. The molecule has 1 aromatic heterocycles. The molecule has 0 aliphatic carbocycles. The van der Waals surface area contributed by atoms with E-state index in [9.17, 15) is 9.90 Å². The number of H-pyrrole nitrogens is 1. The third kappa shape index (κ3) is 5.48. The normalized spacial score (nSPS) is 11.9. The smallest absolute Gasteiger partial charge is 0.321 e. The lowest BCUT2D eigenvalue weighted by Crippen LogP contribution is -2.38. The fourth-order valence-electron chi connectivity index (χ4n) is 3.75. The van der Waals surface area contributed by atoms with Crippen LogP contribution in [0.2, 0.25) is 5.02 Å². The van der Waals surface area contributed by atoms with E-state index >= 15 is 0 Å². The SMILES string of the molecule is COc1cc(CN[C@H](Cc2c[nH]c3ccccc23)C(=O)O)cc(Cl)c1OCc1ccccc1. The van der Waals surface area contributed by atoms with Crippen LogP contribution in [0, 0.1) is 0 Å². The molecule has 4 rings (SSSR count). The van der Waals surface area contributed by atoms with E-state index in [4.69, 9.17) is 21.1 Å². The lowest BCUT2D eigenvalue weighted by Gasteiger charge is -2.17. The molecular weight excluding hydrogens is 440 g/mol. The highest BCUT2D eigenvalue weighted by Crippen LogP contribution is 2.37. The summed E-state index contributed by atoms with van der Waals surface area (Å²) in [4.78, 5) is 15.1. The van der Waals surface area contributed by atoms with Gasteiger partial charge in [0.25, 0.3) is 0 Å². The predicted octanol–water partition coefficient (Wildman–Crippen LogP) is 5.19. The minimum Gasteiger partial charge on any atom is -0.493 e. The molecule has 0 aliphatic heterocycles. The maximum absolute atomic E-state index is 11.9. The van der Waals surface area contributed by atoms with Gasteiger partial charge in [0.1, 0.15) is 12.6 Å². The Labute approximate surface area is 197 Å². The Bertz CT molecular complexity index is 1240. The molecule has 3 aromatic carbocycles. The number of fused-ring (bicyclic) bond motifs is 1. The number of ether oxygens (including phenoxy) is 2. The summed E-state index contributed by atoms with van der Waals surface area (Å²) in [6.45, 7) is 0.675. The molecule has 0 radical (unpaired) electrons. The molecule has 3 N–H and O–H groups in total. The maximum atomic E-state index is 11.9. The number of methoxy groups -OCH3 is 1. The first-order chi connectivity index (χ1) is 16.0. The molecule has 0 unspecified atom stereocenters. The van der Waals surface area contributed by atoms with Crippen LogP contribution in [0.5, 0.6) is 11.5 Å². The van der Waals surface area contributed by atoms with Gasteiger partial charge in [0, 0.05) is 30.1 Å². The van der Waals surface area contributed by atoms with E-state index in [1.165, 1.54) is 0 Å². The highest BCUT2D eigenvalue weighted by molar-refractivity contribution is 6.32. The Balaban J connectivity index is 1.45. The minimum absolute atomic E-state index is 0.314. The van der Waals surface area contributed by atoms with E-state index in [0.717, 1.165) is 27.6 Å². The van der Waals surface area contributed by atoms with Gasteiger partial charge in [-0.25, -0.2) is 0 Å². The first-order valence-electron chi connectivity index (χ1n) is 10.6. The molecule has 0 spiro atoms. The number of nitrogens with one attached hydrogen (secondary N) is 2. The maximum Gasteiger partial charge on any atom is 0.321 e. The topological polar surface area (TPSA) is 83.6 Å². The van der Waals surface area contributed by atoms with Gasteiger partial charge in [-0.2, -0.15) is 0 Å². The van der Waals surface area contributed by atoms with Crippen molar-refractivity contribution in [3.05, 3.63) is 94.6 Å². The van der Waals surface area contributed by atoms with Crippen molar-refractivity contribution in [3.8, 4) is 11.5 Å². The number of carbonyl (C=O) groups is 1. The second kappa shape index (κ2) is 10.4. The summed E-state index contributed by atoms with van der Waals surface area (Å²) in [5, 5.41) is 14.3. The summed E-state index contributed by atoms with van der Waals surface area (Å²) < 4.78 is 11.4. The first-order valence-corrected chi connectivity index (χ1v) is 11.0. The van der Waals surface area contributed by atoms with Gasteiger partial charge in [0.05, 0.1) is 12.1 Å². The van der Waals surface area contributed by atoms with Gasteiger partial charge in [0.2, 0.25) is 0 Å². The van der Waals surface area contributed by atoms with Crippen molar-refractivity contribution in [2.75, 3.05) is 7.11 Å². The van der Waals surface area contributed by atoms with Crippen molar-refractivity contribution in [1.82, 2.24) is 10.3 Å². The van der Waals surface area contributed by atoms with Crippen molar-refractivity contribution >= 4 is 28.5 Å². The van der Waals surface area contributed by atoms with Gasteiger partial charge in [0.15, 0.2) is 11.5 Å². The molecule has 33 heavy (non-hydrogen) atoms. The zero-order valence-electron chi connectivity index (χ0n) is 18.2. The molecule has 0 saturated heterocycles. The van der Waals surface area contributed by atoms with Crippen LogP contribution in [0.15, 0.2) is 72.9 Å². The molecular formula is C26H25ClN2O4. The summed E-state index contributed by atoms with van der Waals surface area (Å²) in [7, 11) is 1.55. The quantitative estimate of drug-likeness (QED) is 0.300. The van der Waals surface area contributed by atoms with Crippen molar-refractivity contribution in [3.63, 3.8) is 0 Å². The van der Waals surface area contributed by atoms with Crippen molar-refractivity contribution < 1.29 is 19.4 Å². The number of para-hydroxylation sites is 1. The Kier molecular flexibility index (Phi) is 7.17. The number of aliphatic carboxylic acids is 1. The van der Waals surface area contributed by atoms with E-state index < -0.39 is 12.0 Å². The number of aromatic amines is 1. The van der Waals surface area contributed by atoms with E-state index in [1.54, 1.807) is 13.2 Å². The number of carboxylic acid groups (broad SMARTS) is 1. The number of halogens is 1. The average Bonchev–Trinajstić information content (AvgIpc) is 3.24. The van der Waals surface area contributed by atoms with E-state index in [-0.39, 0.29) is 0 Å². The summed E-state index contributed by atoms with van der Waals surface area (Å²) in [5.74, 6) is 0.0419. The van der Waals surface area contributed by atoms with Crippen LogP contribution in [0.1, 0.15) is 16.7 Å². The van der Waals surface area contributed by atoms with Crippen LogP contribution in [-0.4, -0.2) is 29.2 Å². The van der Waals surface area contributed by atoms with E-state index in [1.807, 2.05) is 66.9 Å². The monoisotopic (exact) mass is 464 g/mol. The molecule has 1 heterocycles. The molecule has 7 heteroatoms. The average molecular weight is 465 g/mol. The summed E-state index contributed by atoms with van der Waals surface area (Å²) in [6.07, 6.45) is 2.21. The lowest BCUT2D eigenvalue weighted by molar-refractivity contribution is -0.139. The predicted molar refractivity (Wildman–Crippen MR) is 129 cm³/mol. The number of carboxylic acids is 1. The van der Waals surface area contributed by atoms with Gasteiger partial charge < -0.3 is 24.9 Å². The minimum atomic E-state index is -0.916. The van der Waals surface area contributed by atoms with Crippen LogP contribution < -0.4 is 14.8 Å². The van der Waals surface area contributed by atoms with Gasteiger partial charge in [-0.05, 0) is 34.9 Å². The van der Waals surface area contributed by atoms with Crippen molar-refractivity contribution in [1.29, 1.82) is 0 Å². The van der Waals surface area contributed by atoms with Crippen LogP contribution >= 0.6 is 11.6 Å². The van der Waals surface area contributed by atoms with Crippen molar-refractivity contribution in [2.45, 2.75) is 25.6 Å². The van der Waals surface area contributed by atoms with Gasteiger partial charge in [-0.15, -0.1) is 0 Å². The van der Waals surface area contributed by atoms with E-state index in [2.05, 4.69) is 10.3 Å². The number of hydrogen-bond acceptors (Lipinski definition) is 4. The summed E-state index contributed by atoms with van der Waals surface area (Å²) in [5.41, 5.74) is 3.75.